The van der Waals surface area contributed by atoms with Gasteiger partial charge in [0.2, 0.25) is 0 Å². The van der Waals surface area contributed by atoms with Crippen molar-refractivity contribution >= 4 is 10.8 Å². The lowest BCUT2D eigenvalue weighted by Gasteiger charge is -2.23. The van der Waals surface area contributed by atoms with Gasteiger partial charge in [0.15, 0.2) is 0 Å². The first kappa shape index (κ1) is 10.8. The topological polar surface area (TPSA) is 17.1 Å². The summed E-state index contributed by atoms with van der Waals surface area (Å²) >= 11 is 0. The van der Waals surface area contributed by atoms with Crippen molar-refractivity contribution in [2.45, 2.75) is 42.0 Å². The Morgan fingerprint density at radius 2 is 1.93 bits per heavy atom. The minimum atomic E-state index is -1.03. The lowest BCUT2D eigenvalue weighted by Crippen LogP contribution is -2.25. The van der Waals surface area contributed by atoms with E-state index in [1.807, 2.05) is 30.3 Å². The second-order valence-electron chi connectivity index (χ2n) is 4.00. The summed E-state index contributed by atoms with van der Waals surface area (Å²) in [5.74, 6) is 0. The van der Waals surface area contributed by atoms with Crippen LogP contribution in [0.3, 0.4) is 0 Å². The molecule has 0 aromatic heterocycles. The van der Waals surface area contributed by atoms with Crippen molar-refractivity contribution in [3.8, 4) is 0 Å². The average Bonchev–Trinajstić information content (AvgIpc) is 2.29. The molecule has 82 valence electrons. The van der Waals surface area contributed by atoms with Crippen molar-refractivity contribution in [2.24, 2.45) is 0 Å². The Balaban J connectivity index is 2.08. The zero-order chi connectivity index (χ0) is 10.7. The molecule has 2 rings (SSSR count). The molecule has 0 spiro atoms. The monoisotopic (exact) mass is 226 g/mol. The van der Waals surface area contributed by atoms with E-state index >= 15 is 0 Å². The van der Waals surface area contributed by atoms with Crippen LogP contribution in [0, 0.1) is 0 Å². The maximum Gasteiger partial charge on any atom is 0.101 e. The molecular formula is C12H15FOS. The van der Waals surface area contributed by atoms with E-state index in [1.54, 1.807) is 0 Å². The largest absolute Gasteiger partial charge is 0.254 e. The van der Waals surface area contributed by atoms with E-state index in [0.29, 0.717) is 12.8 Å². The Bertz CT molecular complexity index is 339. The van der Waals surface area contributed by atoms with Gasteiger partial charge in [0.25, 0.3) is 0 Å². The summed E-state index contributed by atoms with van der Waals surface area (Å²) in [6.45, 7) is 0. The van der Waals surface area contributed by atoms with Crippen LogP contribution in [0.2, 0.25) is 0 Å². The fourth-order valence-electron chi connectivity index (χ4n) is 2.03. The molecule has 0 N–H and O–H groups in total. The maximum absolute atomic E-state index is 13.2. The molecule has 0 radical (unpaired) electrons. The summed E-state index contributed by atoms with van der Waals surface area (Å²) < 4.78 is 25.3. The molecule has 15 heavy (non-hydrogen) atoms. The first-order valence-electron chi connectivity index (χ1n) is 5.37. The molecule has 1 aliphatic rings. The van der Waals surface area contributed by atoms with Crippen molar-refractivity contribution in [1.82, 2.24) is 0 Å². The third kappa shape index (κ3) is 2.65. The summed E-state index contributed by atoms with van der Waals surface area (Å²) in [4.78, 5) is 0.830. The standard InChI is InChI=1S/C12H15FOS/c13-10-5-4-8-12(9-10)15(14)11-6-2-1-3-7-11/h1-3,6-7,10,12H,4-5,8-9H2. The van der Waals surface area contributed by atoms with Crippen LogP contribution in [0.25, 0.3) is 0 Å². The van der Waals surface area contributed by atoms with Crippen molar-refractivity contribution in [3.63, 3.8) is 0 Å². The molecule has 3 atom stereocenters. The molecule has 1 aliphatic carbocycles. The van der Waals surface area contributed by atoms with E-state index in [9.17, 15) is 8.60 Å². The van der Waals surface area contributed by atoms with Crippen molar-refractivity contribution in [2.75, 3.05) is 0 Å². The predicted molar refractivity (Wildman–Crippen MR) is 60.0 cm³/mol. The third-order valence-electron chi connectivity index (χ3n) is 2.84. The number of rotatable bonds is 2. The maximum atomic E-state index is 13.2. The summed E-state index contributed by atoms with van der Waals surface area (Å²) in [6, 6.07) is 9.38. The molecule has 3 unspecified atom stereocenters. The second-order valence-corrected chi connectivity index (χ2v) is 5.73. The van der Waals surface area contributed by atoms with Gasteiger partial charge < -0.3 is 0 Å². The van der Waals surface area contributed by atoms with Crippen LogP contribution in [0.5, 0.6) is 0 Å². The average molecular weight is 226 g/mol. The van der Waals surface area contributed by atoms with Crippen LogP contribution in [0.1, 0.15) is 25.7 Å². The van der Waals surface area contributed by atoms with Crippen LogP contribution in [-0.2, 0) is 10.8 Å². The van der Waals surface area contributed by atoms with Gasteiger partial charge in [-0.1, -0.05) is 18.2 Å². The number of hydrogen-bond acceptors (Lipinski definition) is 1. The van der Waals surface area contributed by atoms with Crippen molar-refractivity contribution < 1.29 is 8.60 Å². The van der Waals surface area contributed by atoms with Crippen LogP contribution >= 0.6 is 0 Å². The SMILES string of the molecule is O=S(c1ccccc1)C1CCCC(F)C1. The van der Waals surface area contributed by atoms with E-state index in [2.05, 4.69) is 0 Å². The van der Waals surface area contributed by atoms with Gasteiger partial charge in [0.05, 0.1) is 10.8 Å². The van der Waals surface area contributed by atoms with Crippen molar-refractivity contribution in [3.05, 3.63) is 30.3 Å². The van der Waals surface area contributed by atoms with Gasteiger partial charge in [-0.25, -0.2) is 4.39 Å². The summed E-state index contributed by atoms with van der Waals surface area (Å²) in [6.07, 6.45) is 2.10. The van der Waals surface area contributed by atoms with E-state index in [4.69, 9.17) is 0 Å². The fraction of sp³-hybridized carbons (Fsp3) is 0.500. The smallest absolute Gasteiger partial charge is 0.101 e. The molecule has 0 bridgehead atoms. The van der Waals surface area contributed by atoms with Crippen LogP contribution in [0.4, 0.5) is 4.39 Å². The molecule has 0 aliphatic heterocycles. The molecule has 1 nitrogen and oxygen atoms in total. The molecule has 1 fully saturated rings. The van der Waals surface area contributed by atoms with Gasteiger partial charge in [-0.3, -0.25) is 4.21 Å². The molecule has 0 amide bonds. The first-order chi connectivity index (χ1) is 7.27. The Hall–Kier alpha value is -0.700. The van der Waals surface area contributed by atoms with E-state index in [1.165, 1.54) is 0 Å². The highest BCUT2D eigenvalue weighted by Gasteiger charge is 2.26. The Kier molecular flexibility index (Phi) is 3.52. The van der Waals surface area contributed by atoms with Crippen molar-refractivity contribution in [1.29, 1.82) is 0 Å². The molecule has 1 aromatic carbocycles. The first-order valence-corrected chi connectivity index (χ1v) is 6.58. The van der Waals surface area contributed by atoms with Crippen LogP contribution < -0.4 is 0 Å². The lowest BCUT2D eigenvalue weighted by molar-refractivity contribution is 0.254. The number of hydrogen-bond donors (Lipinski definition) is 0. The highest BCUT2D eigenvalue weighted by Crippen LogP contribution is 2.27. The van der Waals surface area contributed by atoms with E-state index in [0.717, 1.165) is 17.7 Å². The highest BCUT2D eigenvalue weighted by atomic mass is 32.2. The quantitative estimate of drug-likeness (QED) is 0.757. The fourth-order valence-corrected chi connectivity index (χ4v) is 3.60. The summed E-state index contributed by atoms with van der Waals surface area (Å²) in [7, 11) is -1.03. The molecule has 0 heterocycles. The predicted octanol–water partition coefficient (Wildman–Crippen LogP) is 3.07. The summed E-state index contributed by atoms with van der Waals surface area (Å²) in [5.41, 5.74) is 0. The van der Waals surface area contributed by atoms with E-state index in [-0.39, 0.29) is 5.25 Å². The molecule has 3 heteroatoms. The van der Waals surface area contributed by atoms with Gasteiger partial charge in [-0.05, 0) is 37.8 Å². The van der Waals surface area contributed by atoms with Gasteiger partial charge in [0.1, 0.15) is 6.17 Å². The minimum Gasteiger partial charge on any atom is -0.254 e. The zero-order valence-electron chi connectivity index (χ0n) is 8.56. The summed E-state index contributed by atoms with van der Waals surface area (Å²) in [5, 5.41) is 0.0103. The number of halogens is 1. The Labute approximate surface area is 92.2 Å². The third-order valence-corrected chi connectivity index (χ3v) is 4.61. The molecule has 1 saturated carbocycles. The van der Waals surface area contributed by atoms with Crippen LogP contribution in [0.15, 0.2) is 35.2 Å². The Morgan fingerprint density at radius 3 is 2.60 bits per heavy atom. The van der Waals surface area contributed by atoms with Gasteiger partial charge in [-0.15, -0.1) is 0 Å². The molecular weight excluding hydrogens is 211 g/mol. The Morgan fingerprint density at radius 1 is 1.20 bits per heavy atom. The second kappa shape index (κ2) is 4.88. The number of alkyl halides is 1. The lowest BCUT2D eigenvalue weighted by atomic mass is 9.98. The van der Waals surface area contributed by atoms with Gasteiger partial charge in [0, 0.05) is 10.1 Å². The minimum absolute atomic E-state index is 0.0103. The highest BCUT2D eigenvalue weighted by molar-refractivity contribution is 7.85. The number of benzene rings is 1. The van der Waals surface area contributed by atoms with Gasteiger partial charge >= 0.3 is 0 Å². The normalized spacial score (nSPS) is 28.6. The van der Waals surface area contributed by atoms with E-state index < -0.39 is 17.0 Å². The zero-order valence-corrected chi connectivity index (χ0v) is 9.38. The van der Waals surface area contributed by atoms with Crippen LogP contribution in [-0.4, -0.2) is 15.6 Å². The molecule has 1 aromatic rings. The van der Waals surface area contributed by atoms with Gasteiger partial charge in [-0.2, -0.15) is 0 Å². The molecule has 0 saturated heterocycles.